The number of hydrogen-bond acceptors (Lipinski definition) is 5. The van der Waals surface area contributed by atoms with Crippen LogP contribution in [-0.2, 0) is 9.53 Å². The van der Waals surface area contributed by atoms with Crippen molar-refractivity contribution in [3.05, 3.63) is 0 Å². The van der Waals surface area contributed by atoms with E-state index in [4.69, 9.17) is 4.74 Å². The van der Waals surface area contributed by atoms with Crippen molar-refractivity contribution in [1.29, 1.82) is 0 Å². The van der Waals surface area contributed by atoms with E-state index in [0.717, 1.165) is 62.2 Å². The van der Waals surface area contributed by atoms with E-state index in [1.54, 1.807) is 11.8 Å². The van der Waals surface area contributed by atoms with Gasteiger partial charge in [-0.3, -0.25) is 4.79 Å². The molecule has 2 heterocycles. The van der Waals surface area contributed by atoms with E-state index >= 15 is 0 Å². The third-order valence-electron chi connectivity index (χ3n) is 8.23. The van der Waals surface area contributed by atoms with Crippen molar-refractivity contribution < 1.29 is 9.53 Å². The van der Waals surface area contributed by atoms with E-state index in [-0.39, 0.29) is 4.93 Å². The highest BCUT2D eigenvalue weighted by Gasteiger charge is 2.42. The number of rotatable bonds is 4. The van der Waals surface area contributed by atoms with Gasteiger partial charge in [0.05, 0.1) is 0 Å². The van der Waals surface area contributed by atoms with Crippen LogP contribution in [-0.4, -0.2) is 46.8 Å². The third kappa shape index (κ3) is 4.48. The Bertz CT molecular complexity index is 642. The molecule has 3 aliphatic carbocycles. The lowest BCUT2D eigenvalue weighted by atomic mass is 9.90. The maximum atomic E-state index is 12.7. The fraction of sp³-hybridized carbons (Fsp3) is 0.913. The number of aliphatic imine (C=N–C) groups is 1. The molecule has 3 saturated carbocycles. The predicted molar refractivity (Wildman–Crippen MR) is 118 cm³/mol. The van der Waals surface area contributed by atoms with Gasteiger partial charge in [-0.1, -0.05) is 31.0 Å². The van der Waals surface area contributed by atoms with Crippen LogP contribution in [0.5, 0.6) is 0 Å². The van der Waals surface area contributed by atoms with E-state index < -0.39 is 0 Å². The van der Waals surface area contributed by atoms with Crippen LogP contribution in [0.15, 0.2) is 4.99 Å². The van der Waals surface area contributed by atoms with Crippen LogP contribution in [0.25, 0.3) is 0 Å². The molecule has 5 aliphatic rings. The highest BCUT2D eigenvalue weighted by atomic mass is 32.2. The lowest BCUT2D eigenvalue weighted by molar-refractivity contribution is -0.136. The summed E-state index contributed by atoms with van der Waals surface area (Å²) in [4.78, 5) is 19.3. The molecule has 4 fully saturated rings. The summed E-state index contributed by atoms with van der Waals surface area (Å²) >= 11 is 1.81. The number of thioether (sulfide) groups is 1. The quantitative estimate of drug-likeness (QED) is 0.735. The predicted octanol–water partition coefficient (Wildman–Crippen LogP) is 4.38. The Kier molecular flexibility index (Phi) is 5.85. The van der Waals surface area contributed by atoms with Crippen LogP contribution in [0.2, 0.25) is 0 Å². The molecule has 1 unspecified atom stereocenters. The lowest BCUT2D eigenvalue weighted by Crippen LogP contribution is -2.45. The molecule has 0 spiro atoms. The molecule has 5 nitrogen and oxygen atoms in total. The molecular weight excluding hydrogens is 382 g/mol. The number of nitrogens with one attached hydrogen (secondary N) is 1. The summed E-state index contributed by atoms with van der Waals surface area (Å²) < 4.78 is 6.14. The maximum absolute atomic E-state index is 12.7. The van der Waals surface area contributed by atoms with Crippen LogP contribution in [0, 0.1) is 23.7 Å². The van der Waals surface area contributed by atoms with Gasteiger partial charge in [-0.15, -0.1) is 0 Å². The van der Waals surface area contributed by atoms with E-state index in [9.17, 15) is 4.79 Å². The van der Waals surface area contributed by atoms with Gasteiger partial charge in [0.2, 0.25) is 5.91 Å². The molecule has 1 saturated heterocycles. The Labute approximate surface area is 179 Å². The highest BCUT2D eigenvalue weighted by Crippen LogP contribution is 2.45. The fourth-order valence-corrected chi connectivity index (χ4v) is 7.73. The summed E-state index contributed by atoms with van der Waals surface area (Å²) in [7, 11) is 0. The van der Waals surface area contributed by atoms with Gasteiger partial charge >= 0.3 is 0 Å². The summed E-state index contributed by atoms with van der Waals surface area (Å²) in [5.41, 5.74) is 0. The molecule has 4 atom stereocenters. The molecule has 0 aromatic rings. The first kappa shape index (κ1) is 20.2. The zero-order valence-corrected chi connectivity index (χ0v) is 18.7. The number of piperidine rings is 1. The molecule has 2 bridgehead atoms. The molecular formula is C23H37N3O2S. The van der Waals surface area contributed by atoms with E-state index in [2.05, 4.69) is 22.1 Å². The number of amides is 1. The normalized spacial score (nSPS) is 38.4. The van der Waals surface area contributed by atoms with Crippen LogP contribution in [0.1, 0.15) is 77.6 Å². The molecule has 6 heteroatoms. The standard InChI is InChI=1S/C23H37N3O2S/c1-23(14-16-8-10-26(11-9-16)21(27)18-4-2-3-5-18)28-15-24-22(29-23)25-20-13-17-6-7-19(20)12-17/h16-20H,2-15H2,1H3,(H,24,25)/t17-,19+,20+,23?/m1/s1. The van der Waals surface area contributed by atoms with Crippen molar-refractivity contribution in [3.8, 4) is 0 Å². The minimum absolute atomic E-state index is 0.190. The highest BCUT2D eigenvalue weighted by molar-refractivity contribution is 8.14. The minimum atomic E-state index is -0.190. The molecule has 162 valence electrons. The Balaban J connectivity index is 1.10. The van der Waals surface area contributed by atoms with E-state index in [1.807, 2.05) is 0 Å². The smallest absolute Gasteiger partial charge is 0.225 e. The van der Waals surface area contributed by atoms with Gasteiger partial charge in [0.1, 0.15) is 11.7 Å². The molecule has 1 amide bonds. The number of carbonyl (C=O) groups excluding carboxylic acids is 1. The SMILES string of the molecule is CC1(CC2CCN(C(=O)C3CCCC3)CC2)OCN=C(N[C@H]2C[C@@H]3CC[C@H]2C3)S1. The van der Waals surface area contributed by atoms with Gasteiger partial charge in [0.15, 0.2) is 5.17 Å². The molecule has 0 radical (unpaired) electrons. The Morgan fingerprint density at radius 3 is 2.66 bits per heavy atom. The number of likely N-dealkylation sites (tertiary alicyclic amines) is 1. The number of carbonyl (C=O) groups is 1. The Hall–Kier alpha value is -0.750. The van der Waals surface area contributed by atoms with Gasteiger partial charge < -0.3 is 15.0 Å². The second-order valence-corrected chi connectivity index (χ2v) is 11.8. The monoisotopic (exact) mass is 419 g/mol. The van der Waals surface area contributed by atoms with E-state index in [1.165, 1.54) is 38.5 Å². The topological polar surface area (TPSA) is 53.9 Å². The third-order valence-corrected chi connectivity index (χ3v) is 9.38. The minimum Gasteiger partial charge on any atom is -0.362 e. The molecule has 29 heavy (non-hydrogen) atoms. The maximum Gasteiger partial charge on any atom is 0.225 e. The van der Waals surface area contributed by atoms with Crippen LogP contribution in [0.3, 0.4) is 0 Å². The zero-order chi connectivity index (χ0) is 19.8. The first-order chi connectivity index (χ1) is 14.1. The number of nitrogens with zero attached hydrogens (tertiary/aromatic N) is 2. The zero-order valence-electron chi connectivity index (χ0n) is 17.9. The molecule has 0 aromatic heterocycles. The Morgan fingerprint density at radius 1 is 1.17 bits per heavy atom. The summed E-state index contributed by atoms with van der Waals surface area (Å²) in [6.07, 6.45) is 13.6. The molecule has 5 rings (SSSR count). The fourth-order valence-electron chi connectivity index (χ4n) is 6.56. The molecule has 0 aromatic carbocycles. The van der Waals surface area contributed by atoms with Gasteiger partial charge in [-0.05, 0) is 76.0 Å². The van der Waals surface area contributed by atoms with E-state index in [0.29, 0.717) is 30.5 Å². The second kappa shape index (κ2) is 8.41. The average Bonchev–Trinajstić information content (AvgIpc) is 3.46. The van der Waals surface area contributed by atoms with Crippen molar-refractivity contribution in [1.82, 2.24) is 10.2 Å². The van der Waals surface area contributed by atoms with Crippen molar-refractivity contribution in [3.63, 3.8) is 0 Å². The summed E-state index contributed by atoms with van der Waals surface area (Å²) in [5, 5.41) is 4.88. The summed E-state index contributed by atoms with van der Waals surface area (Å²) in [6, 6.07) is 0.632. The van der Waals surface area contributed by atoms with Crippen molar-refractivity contribution >= 4 is 22.8 Å². The first-order valence-corrected chi connectivity index (χ1v) is 12.8. The summed E-state index contributed by atoms with van der Waals surface area (Å²) in [6.45, 7) is 4.59. The Morgan fingerprint density at radius 2 is 1.97 bits per heavy atom. The molecule has 2 aliphatic heterocycles. The van der Waals surface area contributed by atoms with Gasteiger partial charge in [-0.2, -0.15) is 0 Å². The van der Waals surface area contributed by atoms with Crippen LogP contribution < -0.4 is 5.32 Å². The number of ether oxygens (including phenoxy) is 1. The number of amidine groups is 1. The second-order valence-electron chi connectivity index (χ2n) is 10.4. The van der Waals surface area contributed by atoms with Crippen molar-refractivity contribution in [2.24, 2.45) is 28.7 Å². The first-order valence-electron chi connectivity index (χ1n) is 12.0. The lowest BCUT2D eigenvalue weighted by Gasteiger charge is -2.39. The number of hydrogen-bond donors (Lipinski definition) is 1. The largest absolute Gasteiger partial charge is 0.362 e. The summed E-state index contributed by atoms with van der Waals surface area (Å²) in [5.74, 6) is 3.20. The van der Waals surface area contributed by atoms with Crippen LogP contribution in [0.4, 0.5) is 0 Å². The van der Waals surface area contributed by atoms with Crippen molar-refractivity contribution in [2.75, 3.05) is 19.8 Å². The van der Waals surface area contributed by atoms with Gasteiger partial charge in [0, 0.05) is 25.0 Å². The van der Waals surface area contributed by atoms with Crippen molar-refractivity contribution in [2.45, 2.75) is 88.5 Å². The van der Waals surface area contributed by atoms with Gasteiger partial charge in [-0.25, -0.2) is 4.99 Å². The molecule has 1 N–H and O–H groups in total. The van der Waals surface area contributed by atoms with Crippen LogP contribution >= 0.6 is 11.8 Å². The number of fused-ring (bicyclic) bond motifs is 2. The average molecular weight is 420 g/mol. The van der Waals surface area contributed by atoms with Gasteiger partial charge in [0.25, 0.3) is 0 Å².